The number of nitrogens with zero attached hydrogens (tertiary/aromatic N) is 2. The zero-order chi connectivity index (χ0) is 21.1. The van der Waals surface area contributed by atoms with E-state index in [1.165, 1.54) is 81.6 Å². The van der Waals surface area contributed by atoms with Gasteiger partial charge in [-0.3, -0.25) is 14.3 Å². The van der Waals surface area contributed by atoms with Crippen molar-refractivity contribution in [2.24, 2.45) is 7.05 Å². The van der Waals surface area contributed by atoms with Gasteiger partial charge in [-0.25, -0.2) is 4.79 Å². The zero-order valence-corrected chi connectivity index (χ0v) is 19.0. The van der Waals surface area contributed by atoms with Crippen LogP contribution in [0.4, 0.5) is 0 Å². The Balaban J connectivity index is 1.59. The predicted molar refractivity (Wildman–Crippen MR) is 123 cm³/mol. The van der Waals surface area contributed by atoms with Crippen LogP contribution in [0.15, 0.2) is 9.59 Å². The molecule has 0 atom stereocenters. The molecule has 164 valence electrons. The van der Waals surface area contributed by atoms with E-state index in [0.717, 1.165) is 12.8 Å². The van der Waals surface area contributed by atoms with E-state index in [1.807, 2.05) is 4.57 Å². The van der Waals surface area contributed by atoms with Crippen molar-refractivity contribution in [3.8, 4) is 0 Å². The average Bonchev–Trinajstić information content (AvgIpc) is 3.03. The number of unbranched alkanes of at least 4 members (excludes halogenated alkanes) is 13. The third kappa shape index (κ3) is 7.28. The van der Waals surface area contributed by atoms with Crippen molar-refractivity contribution >= 4 is 23.4 Å². The number of imidazole rings is 1. The number of hydrogen-bond acceptors (Lipinski definition) is 3. The molecule has 0 aliphatic rings. The van der Waals surface area contributed by atoms with Crippen LogP contribution in [-0.4, -0.2) is 19.1 Å². The summed E-state index contributed by atoms with van der Waals surface area (Å²) in [7, 11) is 1.63. The van der Waals surface area contributed by atoms with Crippen LogP contribution in [0, 0.1) is 4.77 Å². The van der Waals surface area contributed by atoms with Crippen molar-refractivity contribution in [3.05, 3.63) is 25.6 Å². The van der Waals surface area contributed by atoms with Gasteiger partial charge in [-0.1, -0.05) is 90.4 Å². The van der Waals surface area contributed by atoms with Gasteiger partial charge in [0.1, 0.15) is 5.65 Å². The van der Waals surface area contributed by atoms with E-state index in [-0.39, 0.29) is 5.56 Å². The Labute approximate surface area is 178 Å². The second kappa shape index (κ2) is 12.8. The summed E-state index contributed by atoms with van der Waals surface area (Å²) in [5.41, 5.74) is 0.157. The summed E-state index contributed by atoms with van der Waals surface area (Å²) in [5, 5.41) is 0. The Morgan fingerprint density at radius 1 is 0.759 bits per heavy atom. The monoisotopic (exact) mass is 422 g/mol. The van der Waals surface area contributed by atoms with Crippen molar-refractivity contribution in [1.29, 1.82) is 0 Å². The van der Waals surface area contributed by atoms with Gasteiger partial charge in [0, 0.05) is 13.6 Å². The summed E-state index contributed by atoms with van der Waals surface area (Å²) < 4.78 is 3.72. The van der Waals surface area contributed by atoms with Crippen LogP contribution in [-0.2, 0) is 13.6 Å². The molecule has 0 aromatic carbocycles. The fourth-order valence-electron chi connectivity index (χ4n) is 3.95. The van der Waals surface area contributed by atoms with Crippen LogP contribution < -0.4 is 11.2 Å². The molecule has 0 aliphatic carbocycles. The zero-order valence-electron chi connectivity index (χ0n) is 18.2. The molecule has 2 aromatic heterocycles. The van der Waals surface area contributed by atoms with Crippen molar-refractivity contribution < 1.29 is 0 Å². The molecule has 0 radical (unpaired) electrons. The second-order valence-corrected chi connectivity index (χ2v) is 8.58. The van der Waals surface area contributed by atoms with Crippen LogP contribution in [0.1, 0.15) is 96.8 Å². The molecule has 0 unspecified atom stereocenters. The molecule has 2 heterocycles. The van der Waals surface area contributed by atoms with Gasteiger partial charge in [-0.2, -0.15) is 0 Å². The van der Waals surface area contributed by atoms with Crippen molar-refractivity contribution in [3.63, 3.8) is 0 Å². The molecule has 6 nitrogen and oxygen atoms in total. The average molecular weight is 423 g/mol. The van der Waals surface area contributed by atoms with Gasteiger partial charge >= 0.3 is 5.69 Å². The first-order valence-corrected chi connectivity index (χ1v) is 11.9. The highest BCUT2D eigenvalue weighted by Crippen LogP contribution is 2.14. The Kier molecular flexibility index (Phi) is 10.5. The number of aryl methyl sites for hydroxylation is 2. The molecule has 0 spiro atoms. The fraction of sp³-hybridized carbons (Fsp3) is 0.773. The first-order chi connectivity index (χ1) is 14.1. The largest absolute Gasteiger partial charge is 0.329 e. The highest BCUT2D eigenvalue weighted by molar-refractivity contribution is 7.71. The van der Waals surface area contributed by atoms with Gasteiger partial charge in [0.05, 0.1) is 0 Å². The summed E-state index contributed by atoms with van der Waals surface area (Å²) in [6.45, 7) is 2.97. The third-order valence-corrected chi connectivity index (χ3v) is 6.10. The van der Waals surface area contributed by atoms with Crippen molar-refractivity contribution in [2.45, 2.75) is 103 Å². The lowest BCUT2D eigenvalue weighted by molar-refractivity contribution is 0.525. The van der Waals surface area contributed by atoms with Gasteiger partial charge in [-0.15, -0.1) is 0 Å². The first kappa shape index (κ1) is 23.6. The molecule has 2 N–H and O–H groups in total. The minimum Gasteiger partial charge on any atom is -0.316 e. The van der Waals surface area contributed by atoms with Gasteiger partial charge < -0.3 is 9.55 Å². The lowest BCUT2D eigenvalue weighted by Gasteiger charge is -2.05. The van der Waals surface area contributed by atoms with E-state index in [0.29, 0.717) is 22.5 Å². The van der Waals surface area contributed by atoms with Crippen LogP contribution in [0.25, 0.3) is 11.2 Å². The summed E-state index contributed by atoms with van der Waals surface area (Å²) in [6, 6.07) is 0. The molecule has 0 aliphatic heterocycles. The van der Waals surface area contributed by atoms with E-state index < -0.39 is 5.69 Å². The quantitative estimate of drug-likeness (QED) is 0.291. The SMILES string of the molecule is CCCCCCCCCCCCCCCCn1c(=S)[nH]c2c1c(=O)[nH]c(=O)n2C. The number of nitrogens with one attached hydrogen (secondary N) is 2. The van der Waals surface area contributed by atoms with Crippen LogP contribution in [0.5, 0.6) is 0 Å². The number of rotatable bonds is 15. The summed E-state index contributed by atoms with van der Waals surface area (Å²) in [5.74, 6) is 0. The van der Waals surface area contributed by atoms with E-state index in [2.05, 4.69) is 16.9 Å². The Morgan fingerprint density at radius 3 is 1.76 bits per heavy atom. The Hall–Kier alpha value is -1.63. The van der Waals surface area contributed by atoms with Crippen molar-refractivity contribution in [1.82, 2.24) is 19.1 Å². The molecule has 0 bridgehead atoms. The Bertz CT molecular complexity index is 906. The van der Waals surface area contributed by atoms with Gasteiger partial charge in [0.15, 0.2) is 10.3 Å². The molecule has 2 rings (SSSR count). The van der Waals surface area contributed by atoms with E-state index in [9.17, 15) is 9.59 Å². The van der Waals surface area contributed by atoms with E-state index >= 15 is 0 Å². The number of hydrogen-bond donors (Lipinski definition) is 2. The highest BCUT2D eigenvalue weighted by Gasteiger charge is 2.12. The fourth-order valence-corrected chi connectivity index (χ4v) is 4.23. The van der Waals surface area contributed by atoms with Gasteiger partial charge in [0.2, 0.25) is 0 Å². The predicted octanol–water partition coefficient (Wildman–Crippen LogP) is 5.57. The molecule has 29 heavy (non-hydrogen) atoms. The summed E-state index contributed by atoms with van der Waals surface area (Å²) in [4.78, 5) is 29.2. The normalized spacial score (nSPS) is 11.5. The number of aromatic amines is 2. The van der Waals surface area contributed by atoms with Gasteiger partial charge in [-0.05, 0) is 18.6 Å². The molecular weight excluding hydrogens is 384 g/mol. The maximum Gasteiger partial charge on any atom is 0.329 e. The summed E-state index contributed by atoms with van der Waals surface area (Å²) in [6.07, 6.45) is 18.4. The second-order valence-electron chi connectivity index (χ2n) is 8.19. The van der Waals surface area contributed by atoms with Crippen LogP contribution >= 0.6 is 12.2 Å². The molecule has 2 aromatic rings. The molecule has 0 fully saturated rings. The number of fused-ring (bicyclic) bond motifs is 1. The maximum absolute atomic E-state index is 12.2. The topological polar surface area (TPSA) is 75.6 Å². The molecule has 0 saturated carbocycles. The standard InChI is InChI=1S/C22H38N4O2S/c1-3-4-5-6-7-8-9-10-11-12-13-14-15-16-17-26-18-19(23-22(26)29)25(2)21(28)24-20(18)27/h3-17H2,1-2H3,(H,23,29)(H,24,27,28). The number of H-pyrrole nitrogens is 2. The lowest BCUT2D eigenvalue weighted by atomic mass is 10.0. The lowest BCUT2D eigenvalue weighted by Crippen LogP contribution is -2.29. The molecule has 0 amide bonds. The van der Waals surface area contributed by atoms with Crippen LogP contribution in [0.3, 0.4) is 0 Å². The highest BCUT2D eigenvalue weighted by atomic mass is 32.1. The van der Waals surface area contributed by atoms with Gasteiger partial charge in [0.25, 0.3) is 5.56 Å². The third-order valence-electron chi connectivity index (χ3n) is 5.78. The van der Waals surface area contributed by atoms with Crippen molar-refractivity contribution in [2.75, 3.05) is 0 Å². The molecule has 7 heteroatoms. The minimum absolute atomic E-state index is 0.374. The summed E-state index contributed by atoms with van der Waals surface area (Å²) >= 11 is 5.35. The molecular formula is C22H38N4O2S. The Morgan fingerprint density at radius 2 is 1.24 bits per heavy atom. The minimum atomic E-state index is -0.428. The molecule has 0 saturated heterocycles. The maximum atomic E-state index is 12.2. The number of aromatic nitrogens is 4. The smallest absolute Gasteiger partial charge is 0.316 e. The van der Waals surface area contributed by atoms with E-state index in [4.69, 9.17) is 12.2 Å². The van der Waals surface area contributed by atoms with E-state index in [1.54, 1.807) is 7.05 Å². The van der Waals surface area contributed by atoms with Crippen LogP contribution in [0.2, 0.25) is 0 Å². The first-order valence-electron chi connectivity index (χ1n) is 11.5.